The number of hydrogen-bond acceptors (Lipinski definition) is 5. The Balaban J connectivity index is 3.43. The van der Waals surface area contributed by atoms with Crippen LogP contribution in [-0.2, 0) is 14.3 Å². The summed E-state index contributed by atoms with van der Waals surface area (Å²) in [6.07, 6.45) is 67.0. The van der Waals surface area contributed by atoms with E-state index in [0.717, 1.165) is 51.4 Å². The first kappa shape index (κ1) is 63.1. The first-order valence-corrected chi connectivity index (χ1v) is 28.7. The van der Waals surface area contributed by atoms with E-state index in [1.165, 1.54) is 218 Å². The molecular weight excluding hydrogens is 803 g/mol. The third-order valence-corrected chi connectivity index (χ3v) is 13.1. The molecule has 2 unspecified atom stereocenters. The van der Waals surface area contributed by atoms with Crippen LogP contribution < -0.4 is 5.32 Å². The largest absolute Gasteiger partial charge is 0.466 e. The molecule has 0 aliphatic carbocycles. The average molecular weight is 915 g/mol. The number of amides is 1. The standard InChI is InChI=1S/C59H111NO5/c1-3-5-7-9-11-13-15-17-28-31-35-39-43-47-51-57(62)56(55-61)60-58(63)52-48-44-40-36-32-29-25-23-21-19-18-20-22-24-26-30-34-38-42-46-50-54-65-59(64)53-49-45-41-37-33-27-16-14-12-10-8-6-4-2/h8,10,14,16,19,21,56-57,61-62H,3-7,9,11-13,15,17-18,20,22-55H2,1-2H3,(H,60,63)/b10-8-,16-14-,21-19-. The number of nitrogens with one attached hydrogen (secondary N) is 1. The van der Waals surface area contributed by atoms with Crippen LogP contribution >= 0.6 is 0 Å². The van der Waals surface area contributed by atoms with Crippen LogP contribution in [0.15, 0.2) is 36.5 Å². The van der Waals surface area contributed by atoms with Crippen LogP contribution in [-0.4, -0.2) is 47.4 Å². The summed E-state index contributed by atoms with van der Waals surface area (Å²) in [5.74, 6) is -0.0500. The van der Waals surface area contributed by atoms with Gasteiger partial charge in [-0.15, -0.1) is 0 Å². The maximum absolute atomic E-state index is 12.5. The van der Waals surface area contributed by atoms with Gasteiger partial charge in [0, 0.05) is 12.8 Å². The van der Waals surface area contributed by atoms with Crippen LogP contribution in [0, 0.1) is 0 Å². The number of unbranched alkanes of at least 4 members (excludes halogenated alkanes) is 36. The van der Waals surface area contributed by atoms with Gasteiger partial charge in [0.25, 0.3) is 0 Å². The van der Waals surface area contributed by atoms with E-state index < -0.39 is 12.1 Å². The second-order valence-corrected chi connectivity index (χ2v) is 19.6. The quantitative estimate of drug-likeness (QED) is 0.0321. The van der Waals surface area contributed by atoms with Gasteiger partial charge in [-0.1, -0.05) is 249 Å². The summed E-state index contributed by atoms with van der Waals surface area (Å²) in [6.45, 7) is 4.88. The van der Waals surface area contributed by atoms with E-state index in [1.54, 1.807) is 0 Å². The summed E-state index contributed by atoms with van der Waals surface area (Å²) >= 11 is 0. The molecule has 0 aromatic heterocycles. The van der Waals surface area contributed by atoms with Gasteiger partial charge in [0.15, 0.2) is 0 Å². The molecule has 0 fully saturated rings. The number of rotatable bonds is 53. The van der Waals surface area contributed by atoms with Crippen molar-refractivity contribution in [2.45, 2.75) is 315 Å². The van der Waals surface area contributed by atoms with Gasteiger partial charge in [0.2, 0.25) is 5.91 Å². The topological polar surface area (TPSA) is 95.9 Å². The van der Waals surface area contributed by atoms with Crippen molar-refractivity contribution in [3.8, 4) is 0 Å². The van der Waals surface area contributed by atoms with Crippen molar-refractivity contribution in [3.05, 3.63) is 36.5 Å². The first-order valence-electron chi connectivity index (χ1n) is 28.7. The van der Waals surface area contributed by atoms with Crippen LogP contribution in [0.25, 0.3) is 0 Å². The van der Waals surface area contributed by atoms with E-state index in [-0.39, 0.29) is 18.5 Å². The van der Waals surface area contributed by atoms with Crippen molar-refractivity contribution in [3.63, 3.8) is 0 Å². The number of allylic oxidation sites excluding steroid dienone is 6. The minimum Gasteiger partial charge on any atom is -0.466 e. The third-order valence-electron chi connectivity index (χ3n) is 13.1. The molecule has 3 N–H and O–H groups in total. The van der Waals surface area contributed by atoms with Crippen molar-refractivity contribution >= 4 is 11.9 Å². The number of aliphatic hydroxyl groups is 2. The maximum atomic E-state index is 12.5. The van der Waals surface area contributed by atoms with Gasteiger partial charge in [-0.05, 0) is 77.0 Å². The molecule has 0 aliphatic rings. The van der Waals surface area contributed by atoms with Crippen molar-refractivity contribution in [1.82, 2.24) is 5.32 Å². The molecule has 6 nitrogen and oxygen atoms in total. The first-order chi connectivity index (χ1) is 32.0. The zero-order chi connectivity index (χ0) is 47.2. The lowest BCUT2D eigenvalue weighted by atomic mass is 10.0. The molecule has 0 bridgehead atoms. The third kappa shape index (κ3) is 51.3. The summed E-state index contributed by atoms with van der Waals surface area (Å²) in [5, 5.41) is 23.2. The molecule has 1 amide bonds. The number of aliphatic hydroxyl groups excluding tert-OH is 2. The lowest BCUT2D eigenvalue weighted by Gasteiger charge is -2.22. The highest BCUT2D eigenvalue weighted by Gasteiger charge is 2.20. The fraction of sp³-hybridized carbons (Fsp3) is 0.864. The Bertz CT molecular complexity index is 1060. The van der Waals surface area contributed by atoms with Gasteiger partial charge in [0.05, 0.1) is 25.4 Å². The fourth-order valence-electron chi connectivity index (χ4n) is 8.73. The molecule has 0 rings (SSSR count). The zero-order valence-electron chi connectivity index (χ0n) is 43.5. The number of ether oxygens (including phenoxy) is 1. The Kier molecular flexibility index (Phi) is 53.1. The van der Waals surface area contributed by atoms with E-state index in [4.69, 9.17) is 4.74 Å². The molecule has 0 aliphatic heterocycles. The van der Waals surface area contributed by atoms with Crippen molar-refractivity contribution in [2.24, 2.45) is 0 Å². The molecule has 0 saturated heterocycles. The lowest BCUT2D eigenvalue weighted by Crippen LogP contribution is -2.45. The summed E-state index contributed by atoms with van der Waals surface area (Å²) in [6, 6.07) is -0.547. The SMILES string of the molecule is CCC/C=C\C/C=C\CCCCCCCC(=O)OCCCCCCCCCCCC/C=C\CCCCCCCCCC(=O)NC(CO)C(O)CCCCCCCCCCCCCCCC. The fourth-order valence-corrected chi connectivity index (χ4v) is 8.73. The molecule has 0 radical (unpaired) electrons. The molecule has 0 saturated carbocycles. The minimum atomic E-state index is -0.669. The van der Waals surface area contributed by atoms with Crippen LogP contribution in [0.3, 0.4) is 0 Å². The van der Waals surface area contributed by atoms with Crippen LogP contribution in [0.1, 0.15) is 303 Å². The molecule has 0 aromatic rings. The predicted molar refractivity (Wildman–Crippen MR) is 283 cm³/mol. The highest BCUT2D eigenvalue weighted by Crippen LogP contribution is 2.17. The van der Waals surface area contributed by atoms with Gasteiger partial charge in [0.1, 0.15) is 0 Å². The molecule has 0 heterocycles. The molecule has 2 atom stereocenters. The number of hydrogen-bond donors (Lipinski definition) is 3. The molecular formula is C59H111NO5. The molecule has 0 spiro atoms. The highest BCUT2D eigenvalue weighted by molar-refractivity contribution is 5.76. The normalized spacial score (nSPS) is 12.9. The number of esters is 1. The van der Waals surface area contributed by atoms with Gasteiger partial charge in [-0.3, -0.25) is 9.59 Å². The summed E-state index contributed by atoms with van der Waals surface area (Å²) in [4.78, 5) is 24.5. The Morgan fingerprint density at radius 1 is 0.431 bits per heavy atom. The summed E-state index contributed by atoms with van der Waals surface area (Å²) in [7, 11) is 0. The number of carbonyl (C=O) groups excluding carboxylic acids is 2. The van der Waals surface area contributed by atoms with Gasteiger partial charge < -0.3 is 20.3 Å². The highest BCUT2D eigenvalue weighted by atomic mass is 16.5. The Morgan fingerprint density at radius 2 is 0.800 bits per heavy atom. The Labute approximate surface area is 404 Å². The summed E-state index contributed by atoms with van der Waals surface area (Å²) < 4.78 is 5.46. The predicted octanol–water partition coefficient (Wildman–Crippen LogP) is 17.6. The monoisotopic (exact) mass is 914 g/mol. The minimum absolute atomic E-state index is 0.00738. The zero-order valence-corrected chi connectivity index (χ0v) is 43.5. The Morgan fingerprint density at radius 3 is 1.25 bits per heavy atom. The second-order valence-electron chi connectivity index (χ2n) is 19.6. The van der Waals surface area contributed by atoms with Gasteiger partial charge in [-0.2, -0.15) is 0 Å². The van der Waals surface area contributed by atoms with E-state index >= 15 is 0 Å². The lowest BCUT2D eigenvalue weighted by molar-refractivity contribution is -0.143. The van der Waals surface area contributed by atoms with E-state index in [9.17, 15) is 19.8 Å². The molecule has 6 heteroatoms. The van der Waals surface area contributed by atoms with E-state index in [1.807, 2.05) is 0 Å². The Hall–Kier alpha value is -1.92. The van der Waals surface area contributed by atoms with E-state index in [2.05, 4.69) is 55.6 Å². The van der Waals surface area contributed by atoms with Crippen LogP contribution in [0.4, 0.5) is 0 Å². The molecule has 0 aromatic carbocycles. The van der Waals surface area contributed by atoms with Crippen molar-refractivity contribution < 1.29 is 24.5 Å². The van der Waals surface area contributed by atoms with Gasteiger partial charge in [-0.25, -0.2) is 0 Å². The van der Waals surface area contributed by atoms with Crippen molar-refractivity contribution in [2.75, 3.05) is 13.2 Å². The molecule has 382 valence electrons. The molecule has 65 heavy (non-hydrogen) atoms. The van der Waals surface area contributed by atoms with Crippen molar-refractivity contribution in [1.29, 1.82) is 0 Å². The van der Waals surface area contributed by atoms with Crippen LogP contribution in [0.5, 0.6) is 0 Å². The van der Waals surface area contributed by atoms with Gasteiger partial charge >= 0.3 is 5.97 Å². The second kappa shape index (κ2) is 54.7. The summed E-state index contributed by atoms with van der Waals surface area (Å²) in [5.41, 5.74) is 0. The van der Waals surface area contributed by atoms with E-state index in [0.29, 0.717) is 25.9 Å². The average Bonchev–Trinajstić information content (AvgIpc) is 3.31. The van der Waals surface area contributed by atoms with Crippen LogP contribution in [0.2, 0.25) is 0 Å². The maximum Gasteiger partial charge on any atom is 0.305 e. The smallest absolute Gasteiger partial charge is 0.305 e. The number of carbonyl (C=O) groups is 2.